The number of carbonyl (C=O) groups is 1. The minimum Gasteiger partial charge on any atom is -0.340 e. The van der Waals surface area contributed by atoms with Crippen molar-refractivity contribution in [3.8, 4) is 0 Å². The predicted molar refractivity (Wildman–Crippen MR) is 110 cm³/mol. The van der Waals surface area contributed by atoms with Crippen molar-refractivity contribution in [2.75, 3.05) is 57.3 Å². The highest BCUT2D eigenvalue weighted by Gasteiger charge is 2.44. The Morgan fingerprint density at radius 1 is 1.04 bits per heavy atom. The number of likely N-dealkylation sites (tertiary alicyclic amines) is 1. The second kappa shape index (κ2) is 7.76. The first-order valence-electron chi connectivity index (χ1n) is 10.5. The van der Waals surface area contributed by atoms with Crippen molar-refractivity contribution in [3.05, 3.63) is 35.4 Å². The summed E-state index contributed by atoms with van der Waals surface area (Å²) in [6, 6.07) is 8.86. The van der Waals surface area contributed by atoms with E-state index in [9.17, 15) is 13.2 Å². The van der Waals surface area contributed by atoms with E-state index in [1.165, 1.54) is 11.1 Å². The van der Waals surface area contributed by atoms with Crippen LogP contribution in [-0.4, -0.2) is 86.3 Å². The van der Waals surface area contributed by atoms with E-state index in [0.29, 0.717) is 19.6 Å². The summed E-state index contributed by atoms with van der Waals surface area (Å²) in [5.74, 6) is 0.274. The van der Waals surface area contributed by atoms with Crippen LogP contribution in [0, 0.1) is 0 Å². The summed E-state index contributed by atoms with van der Waals surface area (Å²) in [6.45, 7) is 7.31. The summed E-state index contributed by atoms with van der Waals surface area (Å²) in [5.41, 5.74) is 3.06. The SMILES string of the molecule is CCN1CCc2ccccc2C12CCN(CC(=O)N1CCS(=O)(=O)CC1)CC2. The molecule has 1 amide bonds. The molecule has 0 aromatic heterocycles. The normalized spacial score (nSPS) is 24.8. The van der Waals surface area contributed by atoms with E-state index in [4.69, 9.17) is 0 Å². The molecule has 0 unspecified atom stereocenters. The van der Waals surface area contributed by atoms with Gasteiger partial charge in [0.1, 0.15) is 0 Å². The Morgan fingerprint density at radius 2 is 1.71 bits per heavy atom. The lowest BCUT2D eigenvalue weighted by molar-refractivity contribution is -0.133. The Morgan fingerprint density at radius 3 is 2.39 bits per heavy atom. The largest absolute Gasteiger partial charge is 0.340 e. The number of benzene rings is 1. The number of piperidine rings is 1. The second-order valence-corrected chi connectivity index (χ2v) is 10.6. The van der Waals surface area contributed by atoms with Gasteiger partial charge in [-0.25, -0.2) is 8.42 Å². The standard InChI is InChI=1S/C21H31N3O3S/c1-2-24-10-7-18-5-3-4-6-19(18)21(24)8-11-22(12-9-21)17-20(25)23-13-15-28(26,27)16-14-23/h3-6H,2,7-17H2,1H3. The van der Waals surface area contributed by atoms with Crippen LogP contribution < -0.4 is 0 Å². The molecule has 1 spiro atoms. The Bertz CT molecular complexity index is 817. The van der Waals surface area contributed by atoms with Crippen molar-refractivity contribution in [2.45, 2.75) is 31.7 Å². The molecule has 0 aliphatic carbocycles. The van der Waals surface area contributed by atoms with Gasteiger partial charge in [0.05, 0.1) is 18.1 Å². The fraction of sp³-hybridized carbons (Fsp3) is 0.667. The Hall–Kier alpha value is -1.44. The topological polar surface area (TPSA) is 60.9 Å². The highest BCUT2D eigenvalue weighted by atomic mass is 32.2. The van der Waals surface area contributed by atoms with Gasteiger partial charge in [0.2, 0.25) is 5.91 Å². The van der Waals surface area contributed by atoms with Gasteiger partial charge in [0.15, 0.2) is 9.84 Å². The van der Waals surface area contributed by atoms with Gasteiger partial charge < -0.3 is 4.90 Å². The van der Waals surface area contributed by atoms with Crippen molar-refractivity contribution in [3.63, 3.8) is 0 Å². The highest BCUT2D eigenvalue weighted by molar-refractivity contribution is 7.91. The molecule has 0 bridgehead atoms. The number of fused-ring (bicyclic) bond motifs is 2. The fourth-order valence-corrected chi connectivity index (χ4v) is 6.41. The van der Waals surface area contributed by atoms with E-state index >= 15 is 0 Å². The van der Waals surface area contributed by atoms with Crippen LogP contribution in [0.5, 0.6) is 0 Å². The molecule has 0 atom stereocenters. The van der Waals surface area contributed by atoms with Crippen LogP contribution in [0.4, 0.5) is 0 Å². The maximum absolute atomic E-state index is 12.6. The van der Waals surface area contributed by atoms with E-state index in [1.54, 1.807) is 4.90 Å². The average molecular weight is 406 g/mol. The molecular weight excluding hydrogens is 374 g/mol. The van der Waals surface area contributed by atoms with Crippen molar-refractivity contribution < 1.29 is 13.2 Å². The Labute approximate surface area is 168 Å². The quantitative estimate of drug-likeness (QED) is 0.754. The van der Waals surface area contributed by atoms with Gasteiger partial charge in [-0.2, -0.15) is 0 Å². The molecule has 0 radical (unpaired) electrons. The van der Waals surface area contributed by atoms with E-state index in [2.05, 4.69) is 41.0 Å². The number of sulfone groups is 1. The lowest BCUT2D eigenvalue weighted by Gasteiger charge is -2.52. The van der Waals surface area contributed by atoms with Gasteiger partial charge in [0.25, 0.3) is 0 Å². The smallest absolute Gasteiger partial charge is 0.236 e. The first kappa shape index (κ1) is 19.9. The maximum Gasteiger partial charge on any atom is 0.236 e. The van der Waals surface area contributed by atoms with Gasteiger partial charge in [-0.15, -0.1) is 0 Å². The summed E-state index contributed by atoms with van der Waals surface area (Å²) in [5, 5.41) is 0. The van der Waals surface area contributed by atoms with Crippen molar-refractivity contribution in [1.29, 1.82) is 0 Å². The van der Waals surface area contributed by atoms with E-state index in [0.717, 1.165) is 45.4 Å². The summed E-state index contributed by atoms with van der Waals surface area (Å²) < 4.78 is 23.2. The summed E-state index contributed by atoms with van der Waals surface area (Å²) in [4.78, 5) is 19.2. The lowest BCUT2D eigenvalue weighted by atomic mass is 9.74. The van der Waals surface area contributed by atoms with Gasteiger partial charge in [0, 0.05) is 38.3 Å². The number of nitrogens with zero attached hydrogens (tertiary/aromatic N) is 3. The number of likely N-dealkylation sites (N-methyl/N-ethyl adjacent to an activating group) is 1. The maximum atomic E-state index is 12.6. The van der Waals surface area contributed by atoms with Gasteiger partial charge in [-0.3, -0.25) is 14.6 Å². The van der Waals surface area contributed by atoms with Crippen molar-refractivity contribution >= 4 is 15.7 Å². The van der Waals surface area contributed by atoms with Crippen LogP contribution in [0.3, 0.4) is 0 Å². The summed E-state index contributed by atoms with van der Waals surface area (Å²) in [7, 11) is -2.95. The van der Waals surface area contributed by atoms with Crippen LogP contribution >= 0.6 is 0 Å². The first-order valence-corrected chi connectivity index (χ1v) is 12.3. The predicted octanol–water partition coefficient (Wildman–Crippen LogP) is 1.11. The molecule has 2 fully saturated rings. The zero-order chi connectivity index (χ0) is 19.8. The lowest BCUT2D eigenvalue weighted by Crippen LogP contribution is -2.57. The fourth-order valence-electron chi connectivity index (χ4n) is 5.21. The zero-order valence-electron chi connectivity index (χ0n) is 16.8. The summed E-state index contributed by atoms with van der Waals surface area (Å²) >= 11 is 0. The minimum absolute atomic E-state index is 0.0715. The third kappa shape index (κ3) is 3.72. The molecule has 1 aromatic rings. The molecule has 2 saturated heterocycles. The summed E-state index contributed by atoms with van der Waals surface area (Å²) in [6.07, 6.45) is 3.20. The van der Waals surface area contributed by atoms with Crippen molar-refractivity contribution in [2.24, 2.45) is 0 Å². The van der Waals surface area contributed by atoms with Gasteiger partial charge >= 0.3 is 0 Å². The Balaban J connectivity index is 1.41. The monoisotopic (exact) mass is 405 g/mol. The zero-order valence-corrected chi connectivity index (χ0v) is 17.6. The number of carbonyl (C=O) groups excluding carboxylic acids is 1. The number of hydrogen-bond donors (Lipinski definition) is 0. The molecule has 7 heteroatoms. The van der Waals surface area contributed by atoms with Gasteiger partial charge in [-0.05, 0) is 36.9 Å². The van der Waals surface area contributed by atoms with E-state index < -0.39 is 9.84 Å². The van der Waals surface area contributed by atoms with E-state index in [-0.39, 0.29) is 23.0 Å². The van der Waals surface area contributed by atoms with Crippen LogP contribution in [0.15, 0.2) is 24.3 Å². The molecular formula is C21H31N3O3S. The second-order valence-electron chi connectivity index (χ2n) is 8.33. The molecule has 0 saturated carbocycles. The molecule has 4 rings (SSSR count). The highest BCUT2D eigenvalue weighted by Crippen LogP contribution is 2.43. The molecule has 1 aromatic carbocycles. The van der Waals surface area contributed by atoms with Crippen molar-refractivity contribution in [1.82, 2.24) is 14.7 Å². The molecule has 0 N–H and O–H groups in total. The molecule has 3 heterocycles. The average Bonchev–Trinajstić information content (AvgIpc) is 2.70. The number of rotatable bonds is 3. The van der Waals surface area contributed by atoms with Gasteiger partial charge in [-0.1, -0.05) is 31.2 Å². The molecule has 154 valence electrons. The Kier molecular flexibility index (Phi) is 5.51. The van der Waals surface area contributed by atoms with Crippen LogP contribution in [0.1, 0.15) is 30.9 Å². The van der Waals surface area contributed by atoms with Crippen LogP contribution in [-0.2, 0) is 26.6 Å². The van der Waals surface area contributed by atoms with Crippen LogP contribution in [0.2, 0.25) is 0 Å². The molecule has 28 heavy (non-hydrogen) atoms. The molecule has 6 nitrogen and oxygen atoms in total. The number of amides is 1. The third-order valence-electron chi connectivity index (χ3n) is 6.90. The molecule has 3 aliphatic heterocycles. The molecule has 3 aliphatic rings. The number of hydrogen-bond acceptors (Lipinski definition) is 5. The van der Waals surface area contributed by atoms with E-state index in [1.807, 2.05) is 0 Å². The third-order valence-corrected chi connectivity index (χ3v) is 8.51. The van der Waals surface area contributed by atoms with Crippen LogP contribution in [0.25, 0.3) is 0 Å². The first-order chi connectivity index (χ1) is 13.4. The minimum atomic E-state index is -2.95.